The van der Waals surface area contributed by atoms with Crippen LogP contribution in [0.15, 0.2) is 0 Å². The van der Waals surface area contributed by atoms with Gasteiger partial charge in [-0.1, -0.05) is 0 Å². The number of hydrazine groups is 1. The van der Waals surface area contributed by atoms with Crippen LogP contribution in [0.25, 0.3) is 0 Å². The highest BCUT2D eigenvalue weighted by Gasteiger charge is 2.33. The highest BCUT2D eigenvalue weighted by Crippen LogP contribution is 2.11. The van der Waals surface area contributed by atoms with Crippen molar-refractivity contribution in [2.24, 2.45) is 0 Å². The molecule has 0 aromatic heterocycles. The average molecular weight is 247 g/mol. The summed E-state index contributed by atoms with van der Waals surface area (Å²) in [4.78, 5) is 22.4. The van der Waals surface area contributed by atoms with Crippen molar-refractivity contribution in [1.29, 1.82) is 0 Å². The fourth-order valence-corrected chi connectivity index (χ4v) is 3.50. The fraction of sp³-hybridized carbons (Fsp3) is 0.750. The molecule has 7 nitrogen and oxygen atoms in total. The molecule has 2 amide bonds. The highest BCUT2D eigenvalue weighted by atomic mass is 32.2. The Bertz CT molecular complexity index is 419. The SMILES string of the molecule is O=C1CC(C(=O)NC2CCS(=O)(=O)C2)NN1. The Labute approximate surface area is 92.9 Å². The van der Waals surface area contributed by atoms with Crippen LogP contribution in [0.5, 0.6) is 0 Å². The number of nitrogens with one attached hydrogen (secondary N) is 3. The van der Waals surface area contributed by atoms with Gasteiger partial charge in [-0.05, 0) is 6.42 Å². The third-order valence-corrected chi connectivity index (χ3v) is 4.44. The molecule has 0 radical (unpaired) electrons. The van der Waals surface area contributed by atoms with E-state index in [1.165, 1.54) is 0 Å². The minimum atomic E-state index is -2.99. The average Bonchev–Trinajstić information content (AvgIpc) is 2.73. The quantitative estimate of drug-likeness (QED) is 0.508. The van der Waals surface area contributed by atoms with Crippen LogP contribution in [0.2, 0.25) is 0 Å². The maximum atomic E-state index is 11.6. The molecule has 0 saturated carbocycles. The van der Waals surface area contributed by atoms with Crippen LogP contribution in [0.4, 0.5) is 0 Å². The van der Waals surface area contributed by atoms with Gasteiger partial charge in [0.2, 0.25) is 11.8 Å². The summed E-state index contributed by atoms with van der Waals surface area (Å²) < 4.78 is 22.3. The van der Waals surface area contributed by atoms with Crippen LogP contribution >= 0.6 is 0 Å². The smallest absolute Gasteiger partial charge is 0.239 e. The third kappa shape index (κ3) is 2.50. The first-order valence-corrected chi connectivity index (χ1v) is 6.83. The van der Waals surface area contributed by atoms with Crippen molar-refractivity contribution in [2.45, 2.75) is 24.9 Å². The molecule has 2 saturated heterocycles. The van der Waals surface area contributed by atoms with Crippen LogP contribution < -0.4 is 16.2 Å². The summed E-state index contributed by atoms with van der Waals surface area (Å²) in [7, 11) is -2.99. The van der Waals surface area contributed by atoms with Gasteiger partial charge < -0.3 is 5.32 Å². The zero-order valence-electron chi connectivity index (χ0n) is 8.52. The van der Waals surface area contributed by atoms with Gasteiger partial charge in [-0.3, -0.25) is 15.0 Å². The monoisotopic (exact) mass is 247 g/mol. The lowest BCUT2D eigenvalue weighted by atomic mass is 10.2. The molecule has 2 unspecified atom stereocenters. The van der Waals surface area contributed by atoms with E-state index >= 15 is 0 Å². The first-order valence-electron chi connectivity index (χ1n) is 5.01. The van der Waals surface area contributed by atoms with E-state index in [1.54, 1.807) is 0 Å². The van der Waals surface area contributed by atoms with Crippen molar-refractivity contribution >= 4 is 21.7 Å². The molecule has 16 heavy (non-hydrogen) atoms. The Morgan fingerprint density at radius 3 is 2.69 bits per heavy atom. The van der Waals surface area contributed by atoms with Crippen LogP contribution in [0.3, 0.4) is 0 Å². The summed E-state index contributed by atoms with van der Waals surface area (Å²) in [6, 6.07) is -0.925. The standard InChI is InChI=1S/C8H13N3O4S/c12-7-3-6(10-11-7)8(13)9-5-1-2-16(14,15)4-5/h5-6,10H,1-4H2,(H,9,13)(H,11,12). The third-order valence-electron chi connectivity index (χ3n) is 2.67. The topological polar surface area (TPSA) is 104 Å². The Balaban J connectivity index is 1.86. The van der Waals surface area contributed by atoms with E-state index in [0.717, 1.165) is 0 Å². The molecule has 0 aromatic rings. The first kappa shape index (κ1) is 11.3. The van der Waals surface area contributed by atoms with Gasteiger partial charge in [0.05, 0.1) is 17.9 Å². The second kappa shape index (κ2) is 4.02. The molecular formula is C8H13N3O4S. The van der Waals surface area contributed by atoms with Gasteiger partial charge in [0, 0.05) is 6.04 Å². The Morgan fingerprint density at radius 1 is 1.44 bits per heavy atom. The minimum Gasteiger partial charge on any atom is -0.351 e. The van der Waals surface area contributed by atoms with Crippen LogP contribution in [-0.2, 0) is 19.4 Å². The normalized spacial score (nSPS) is 32.4. The van der Waals surface area contributed by atoms with Crippen molar-refractivity contribution in [3.63, 3.8) is 0 Å². The van der Waals surface area contributed by atoms with E-state index < -0.39 is 15.9 Å². The second-order valence-corrected chi connectivity index (χ2v) is 6.29. The highest BCUT2D eigenvalue weighted by molar-refractivity contribution is 7.91. The zero-order chi connectivity index (χ0) is 11.8. The predicted octanol–water partition coefficient (Wildman–Crippen LogP) is -2.32. The van der Waals surface area contributed by atoms with Gasteiger partial charge in [0.25, 0.3) is 0 Å². The first-order chi connectivity index (χ1) is 7.46. The molecule has 8 heteroatoms. The van der Waals surface area contributed by atoms with Crippen molar-refractivity contribution in [3.05, 3.63) is 0 Å². The number of hydrogen-bond donors (Lipinski definition) is 3. The van der Waals surface area contributed by atoms with Gasteiger partial charge in [0.1, 0.15) is 6.04 Å². The van der Waals surface area contributed by atoms with Crippen LogP contribution in [0, 0.1) is 0 Å². The lowest BCUT2D eigenvalue weighted by Crippen LogP contribution is -2.47. The summed E-state index contributed by atoms with van der Waals surface area (Å²) in [5.41, 5.74) is 4.86. The number of rotatable bonds is 2. The van der Waals surface area contributed by atoms with Crippen molar-refractivity contribution in [2.75, 3.05) is 11.5 Å². The minimum absolute atomic E-state index is 0.00711. The summed E-state index contributed by atoms with van der Waals surface area (Å²) in [6.45, 7) is 0. The van der Waals surface area contributed by atoms with Crippen LogP contribution in [0.1, 0.15) is 12.8 Å². The molecule has 2 heterocycles. The second-order valence-electron chi connectivity index (χ2n) is 4.06. The predicted molar refractivity (Wildman–Crippen MR) is 54.9 cm³/mol. The molecule has 3 N–H and O–H groups in total. The van der Waals surface area contributed by atoms with E-state index in [0.29, 0.717) is 6.42 Å². The van der Waals surface area contributed by atoms with E-state index in [1.807, 2.05) is 0 Å². The van der Waals surface area contributed by atoms with Crippen molar-refractivity contribution in [1.82, 2.24) is 16.2 Å². The van der Waals surface area contributed by atoms with Crippen LogP contribution in [-0.4, -0.2) is 43.8 Å². The largest absolute Gasteiger partial charge is 0.351 e. The Morgan fingerprint density at radius 2 is 2.19 bits per heavy atom. The summed E-state index contributed by atoms with van der Waals surface area (Å²) >= 11 is 0. The zero-order valence-corrected chi connectivity index (χ0v) is 9.34. The van der Waals surface area contributed by atoms with E-state index in [9.17, 15) is 18.0 Å². The van der Waals surface area contributed by atoms with Crippen molar-refractivity contribution < 1.29 is 18.0 Å². The molecule has 2 aliphatic heterocycles. The molecule has 0 spiro atoms. The van der Waals surface area contributed by atoms with E-state index in [-0.39, 0.29) is 35.8 Å². The Hall–Kier alpha value is -1.15. The van der Waals surface area contributed by atoms with E-state index in [4.69, 9.17) is 0 Å². The van der Waals surface area contributed by atoms with Gasteiger partial charge in [-0.2, -0.15) is 0 Å². The number of amides is 2. The van der Waals surface area contributed by atoms with Gasteiger partial charge >= 0.3 is 0 Å². The number of carbonyl (C=O) groups excluding carboxylic acids is 2. The molecule has 2 aliphatic rings. The lowest BCUT2D eigenvalue weighted by Gasteiger charge is -2.13. The molecule has 0 aliphatic carbocycles. The van der Waals surface area contributed by atoms with Crippen molar-refractivity contribution in [3.8, 4) is 0 Å². The Kier molecular flexibility index (Phi) is 2.85. The molecule has 2 rings (SSSR count). The maximum Gasteiger partial charge on any atom is 0.239 e. The lowest BCUT2D eigenvalue weighted by molar-refractivity contribution is -0.124. The molecule has 90 valence electrons. The number of sulfone groups is 1. The molecule has 0 bridgehead atoms. The summed E-state index contributed by atoms with van der Waals surface area (Å²) in [6.07, 6.45) is 0.535. The number of carbonyl (C=O) groups is 2. The van der Waals surface area contributed by atoms with Gasteiger partial charge in [0.15, 0.2) is 9.84 Å². The van der Waals surface area contributed by atoms with Gasteiger partial charge in [-0.15, -0.1) is 0 Å². The maximum absolute atomic E-state index is 11.6. The molecule has 2 atom stereocenters. The summed E-state index contributed by atoms with van der Waals surface area (Å²) in [5.74, 6) is -0.459. The molecule has 0 aromatic carbocycles. The number of hydrogen-bond acceptors (Lipinski definition) is 5. The summed E-state index contributed by atoms with van der Waals surface area (Å²) in [5, 5.41) is 2.62. The molecular weight excluding hydrogens is 234 g/mol. The molecule has 2 fully saturated rings. The fourth-order valence-electron chi connectivity index (χ4n) is 1.82. The van der Waals surface area contributed by atoms with E-state index in [2.05, 4.69) is 16.2 Å². The van der Waals surface area contributed by atoms with Gasteiger partial charge in [-0.25, -0.2) is 13.8 Å².